The number of halogens is 1. The summed E-state index contributed by atoms with van der Waals surface area (Å²) < 4.78 is 23.9. The molecule has 3 heterocycles. The van der Waals surface area contributed by atoms with Crippen LogP contribution < -0.4 is 11.5 Å². The fourth-order valence-electron chi connectivity index (χ4n) is 4.09. The highest BCUT2D eigenvalue weighted by Crippen LogP contribution is 2.36. The van der Waals surface area contributed by atoms with Gasteiger partial charge in [-0.25, -0.2) is 9.37 Å². The van der Waals surface area contributed by atoms with Crippen LogP contribution in [0.2, 0.25) is 0 Å². The zero-order chi connectivity index (χ0) is 22.8. The lowest BCUT2D eigenvalue weighted by Crippen LogP contribution is -2.16. The maximum absolute atomic E-state index is 14.2. The van der Waals surface area contributed by atoms with Crippen LogP contribution in [-0.2, 0) is 24.6 Å². The first-order valence-electron chi connectivity index (χ1n) is 10.6. The summed E-state index contributed by atoms with van der Waals surface area (Å²) in [5, 5.41) is 4.19. The largest absolute Gasteiger partial charge is 0.497 e. The number of nitrogens with zero attached hydrogens (tertiary/aromatic N) is 4. The Morgan fingerprint density at radius 2 is 2.12 bits per heavy atom. The molecule has 3 aromatic heterocycles. The smallest absolute Gasteiger partial charge is 0.269 e. The lowest BCUT2D eigenvalue weighted by molar-refractivity contribution is 0.0993. The van der Waals surface area contributed by atoms with Crippen molar-refractivity contribution >= 4 is 11.6 Å². The van der Waals surface area contributed by atoms with Gasteiger partial charge in [0.2, 0.25) is 0 Å². The van der Waals surface area contributed by atoms with Crippen LogP contribution >= 0.6 is 0 Å². The van der Waals surface area contributed by atoms with Crippen molar-refractivity contribution < 1.29 is 13.9 Å². The molecule has 3 aromatic rings. The highest BCUT2D eigenvalue weighted by Gasteiger charge is 2.25. The Morgan fingerprint density at radius 1 is 1.31 bits per heavy atom. The summed E-state index contributed by atoms with van der Waals surface area (Å²) in [4.78, 5) is 16.1. The average molecular weight is 439 g/mol. The molecule has 0 saturated carbocycles. The quantitative estimate of drug-likeness (QED) is 0.561. The van der Waals surface area contributed by atoms with Crippen LogP contribution in [0.1, 0.15) is 45.3 Å². The number of hydrogen-bond donors (Lipinski definition) is 2. The predicted octanol–water partition coefficient (Wildman–Crippen LogP) is 2.46. The number of carbonyl (C=O) groups is 1. The first kappa shape index (κ1) is 21.8. The normalized spacial score (nSPS) is 16.2. The first-order chi connectivity index (χ1) is 15.4. The number of ether oxygens (including phenoxy) is 1. The summed E-state index contributed by atoms with van der Waals surface area (Å²) in [5.74, 6) is -0.351. The van der Waals surface area contributed by atoms with Crippen LogP contribution in [0.3, 0.4) is 0 Å². The maximum Gasteiger partial charge on any atom is 0.269 e. The van der Waals surface area contributed by atoms with E-state index in [0.717, 1.165) is 28.2 Å². The van der Waals surface area contributed by atoms with Gasteiger partial charge < -0.3 is 20.6 Å². The number of nitrogens with two attached hydrogens (primary N) is 2. The summed E-state index contributed by atoms with van der Waals surface area (Å²) in [7, 11) is 1.77. The monoisotopic (exact) mass is 438 g/mol. The summed E-state index contributed by atoms with van der Waals surface area (Å²) in [6, 6.07) is 3.87. The number of primary amides is 1. The Labute approximate surface area is 185 Å². The van der Waals surface area contributed by atoms with Crippen molar-refractivity contribution in [3.05, 3.63) is 76.5 Å². The lowest BCUT2D eigenvalue weighted by atomic mass is 9.91. The van der Waals surface area contributed by atoms with E-state index in [4.69, 9.17) is 16.2 Å². The molecule has 32 heavy (non-hydrogen) atoms. The Balaban J connectivity index is 1.55. The Morgan fingerprint density at radius 3 is 2.88 bits per heavy atom. The second-order valence-electron chi connectivity index (χ2n) is 7.92. The number of fused-ring (bicyclic) bond motifs is 1. The Kier molecular flexibility index (Phi) is 6.09. The SMILES string of the molecule is Cc1c(CCOC2=CC=C(F)CC2c2ccc3ncc(CCN)n3c2)c(C(N)=O)nn1C. The van der Waals surface area contributed by atoms with Crippen LogP contribution in [-0.4, -0.2) is 38.2 Å². The van der Waals surface area contributed by atoms with E-state index in [9.17, 15) is 9.18 Å². The fraction of sp³-hybridized carbons (Fsp3) is 0.348. The molecule has 1 aliphatic rings. The van der Waals surface area contributed by atoms with Crippen molar-refractivity contribution in [3.63, 3.8) is 0 Å². The average Bonchev–Trinajstić information content (AvgIpc) is 3.30. The molecule has 0 bridgehead atoms. The van der Waals surface area contributed by atoms with Crippen LogP contribution in [0, 0.1) is 6.92 Å². The minimum atomic E-state index is -0.564. The molecule has 168 valence electrons. The van der Waals surface area contributed by atoms with Crippen molar-refractivity contribution in [1.82, 2.24) is 19.2 Å². The molecule has 0 fully saturated rings. The molecule has 0 radical (unpaired) electrons. The van der Waals surface area contributed by atoms with E-state index >= 15 is 0 Å². The van der Waals surface area contributed by atoms with E-state index in [0.29, 0.717) is 31.8 Å². The molecule has 4 N–H and O–H groups in total. The van der Waals surface area contributed by atoms with Gasteiger partial charge in [-0.3, -0.25) is 9.48 Å². The summed E-state index contributed by atoms with van der Waals surface area (Å²) in [5.41, 5.74) is 15.8. The molecular formula is C23H27FN6O2. The van der Waals surface area contributed by atoms with Gasteiger partial charge in [-0.05, 0) is 37.3 Å². The van der Waals surface area contributed by atoms with E-state index in [-0.39, 0.29) is 23.9 Å². The molecule has 0 saturated heterocycles. The van der Waals surface area contributed by atoms with Crippen LogP contribution in [0.5, 0.6) is 0 Å². The van der Waals surface area contributed by atoms with Crippen molar-refractivity contribution in [2.75, 3.05) is 13.2 Å². The van der Waals surface area contributed by atoms with Gasteiger partial charge in [0.05, 0.1) is 6.61 Å². The molecule has 4 rings (SSSR count). The molecule has 1 aliphatic carbocycles. The van der Waals surface area contributed by atoms with Gasteiger partial charge in [-0.2, -0.15) is 5.10 Å². The number of hydrogen-bond acceptors (Lipinski definition) is 5. The molecule has 1 unspecified atom stereocenters. The zero-order valence-corrected chi connectivity index (χ0v) is 18.2. The Bertz CT molecular complexity index is 1220. The summed E-state index contributed by atoms with van der Waals surface area (Å²) >= 11 is 0. The third kappa shape index (κ3) is 4.16. The van der Waals surface area contributed by atoms with Gasteiger partial charge >= 0.3 is 0 Å². The minimum absolute atomic E-state index is 0.200. The number of aromatic nitrogens is 4. The standard InChI is InChI=1S/C23H27FN6O2/c1-14-18(22(23(26)31)28-29(14)2)8-10-32-20-5-4-16(24)11-19(20)15-3-6-21-27-12-17(7-9-25)30(21)13-15/h3-6,12-13,19H,7-11,25H2,1-2H3,(H2,26,31). The number of carbonyl (C=O) groups excluding carboxylic acids is 1. The highest BCUT2D eigenvalue weighted by atomic mass is 19.1. The van der Waals surface area contributed by atoms with E-state index < -0.39 is 5.91 Å². The van der Waals surface area contributed by atoms with E-state index in [2.05, 4.69) is 10.1 Å². The van der Waals surface area contributed by atoms with E-state index in [1.807, 2.05) is 35.9 Å². The molecule has 1 atom stereocenters. The van der Waals surface area contributed by atoms with Crippen LogP contribution in [0.15, 0.2) is 48.3 Å². The number of imidazole rings is 1. The van der Waals surface area contributed by atoms with Crippen LogP contribution in [0.4, 0.5) is 4.39 Å². The van der Waals surface area contributed by atoms with Gasteiger partial charge in [-0.15, -0.1) is 0 Å². The van der Waals surface area contributed by atoms with Crippen molar-refractivity contribution in [3.8, 4) is 0 Å². The van der Waals surface area contributed by atoms with Gasteiger partial charge in [-0.1, -0.05) is 6.07 Å². The number of amides is 1. The Hall–Kier alpha value is -3.46. The maximum atomic E-state index is 14.2. The molecule has 8 nitrogen and oxygen atoms in total. The van der Waals surface area contributed by atoms with Gasteiger partial charge in [0, 0.05) is 61.6 Å². The second kappa shape index (κ2) is 8.96. The van der Waals surface area contributed by atoms with E-state index in [1.165, 1.54) is 6.08 Å². The topological polar surface area (TPSA) is 113 Å². The zero-order valence-electron chi connectivity index (χ0n) is 18.2. The number of allylic oxidation sites excluding steroid dienone is 4. The summed E-state index contributed by atoms with van der Waals surface area (Å²) in [6.07, 6.45) is 8.29. The summed E-state index contributed by atoms with van der Waals surface area (Å²) in [6.45, 7) is 2.72. The van der Waals surface area contributed by atoms with Crippen LogP contribution in [0.25, 0.3) is 5.65 Å². The fourth-order valence-corrected chi connectivity index (χ4v) is 4.09. The van der Waals surface area contributed by atoms with Crippen molar-refractivity contribution in [1.29, 1.82) is 0 Å². The lowest BCUT2D eigenvalue weighted by Gasteiger charge is -2.23. The van der Waals surface area contributed by atoms with Crippen molar-refractivity contribution in [2.24, 2.45) is 18.5 Å². The molecule has 0 spiro atoms. The second-order valence-corrected chi connectivity index (χ2v) is 7.92. The molecule has 0 aromatic carbocycles. The van der Waals surface area contributed by atoms with Gasteiger partial charge in [0.15, 0.2) is 5.69 Å². The van der Waals surface area contributed by atoms with Gasteiger partial charge in [0.25, 0.3) is 5.91 Å². The predicted molar refractivity (Wildman–Crippen MR) is 119 cm³/mol. The molecule has 0 aliphatic heterocycles. The molecular weight excluding hydrogens is 411 g/mol. The third-order valence-electron chi connectivity index (χ3n) is 5.89. The van der Waals surface area contributed by atoms with Crippen molar-refractivity contribution in [2.45, 2.75) is 32.1 Å². The third-order valence-corrected chi connectivity index (χ3v) is 5.89. The number of pyridine rings is 1. The van der Waals surface area contributed by atoms with E-state index in [1.54, 1.807) is 17.8 Å². The minimum Gasteiger partial charge on any atom is -0.497 e. The number of rotatable bonds is 8. The first-order valence-corrected chi connectivity index (χ1v) is 10.6. The molecule has 1 amide bonds. The van der Waals surface area contributed by atoms with Gasteiger partial charge in [0.1, 0.15) is 17.2 Å². The highest BCUT2D eigenvalue weighted by molar-refractivity contribution is 5.92. The molecule has 9 heteroatoms. The number of aryl methyl sites for hydroxylation is 1.